The number of nitrogens with one attached hydrogen (secondary N) is 1. The summed E-state index contributed by atoms with van der Waals surface area (Å²) in [5.74, 6) is 0.282. The molecule has 0 amide bonds. The highest BCUT2D eigenvalue weighted by atomic mass is 15.0. The number of aromatic nitrogens is 4. The van der Waals surface area contributed by atoms with Gasteiger partial charge in [0.05, 0.1) is 5.69 Å². The smallest absolute Gasteiger partial charge is 0.220 e. The van der Waals surface area contributed by atoms with Gasteiger partial charge in [-0.15, -0.1) is 0 Å². The molecule has 22 heavy (non-hydrogen) atoms. The Kier molecular flexibility index (Phi) is 4.02. The summed E-state index contributed by atoms with van der Waals surface area (Å²) < 4.78 is 0. The van der Waals surface area contributed by atoms with E-state index in [4.69, 9.17) is 5.73 Å². The molecule has 3 heterocycles. The Morgan fingerprint density at radius 3 is 2.77 bits per heavy atom. The van der Waals surface area contributed by atoms with Crippen LogP contribution in [0.3, 0.4) is 0 Å². The van der Waals surface area contributed by atoms with Crippen LogP contribution in [0, 0.1) is 0 Å². The Morgan fingerprint density at radius 2 is 2.00 bits per heavy atom. The number of aryl methyl sites for hydroxylation is 1. The molecule has 0 spiro atoms. The number of hydrogen-bond donors (Lipinski definition) is 2. The maximum atomic E-state index is 5.71. The van der Waals surface area contributed by atoms with Crippen LogP contribution in [0.2, 0.25) is 0 Å². The number of hydrogen-bond acceptors (Lipinski definition) is 5. The number of H-pyrrole nitrogens is 1. The SMILES string of the molecule is CN(C)CCCc1ccnc2[nH]cc(-c3ccnc(N)n3)c12. The van der Waals surface area contributed by atoms with Crippen molar-refractivity contribution >= 4 is 17.0 Å². The molecule has 3 aromatic rings. The van der Waals surface area contributed by atoms with E-state index in [-0.39, 0.29) is 5.95 Å². The lowest BCUT2D eigenvalue weighted by Crippen LogP contribution is -2.13. The number of rotatable bonds is 5. The molecule has 3 rings (SSSR count). The maximum Gasteiger partial charge on any atom is 0.220 e. The summed E-state index contributed by atoms with van der Waals surface area (Å²) in [6.07, 6.45) is 7.57. The van der Waals surface area contributed by atoms with Gasteiger partial charge in [0.25, 0.3) is 0 Å². The molecule has 0 unspecified atom stereocenters. The van der Waals surface area contributed by atoms with E-state index >= 15 is 0 Å². The maximum absolute atomic E-state index is 5.71. The lowest BCUT2D eigenvalue weighted by molar-refractivity contribution is 0.400. The van der Waals surface area contributed by atoms with Crippen LogP contribution in [-0.2, 0) is 6.42 Å². The van der Waals surface area contributed by atoms with E-state index < -0.39 is 0 Å². The van der Waals surface area contributed by atoms with Crippen molar-refractivity contribution in [1.29, 1.82) is 0 Å². The number of anilines is 1. The van der Waals surface area contributed by atoms with E-state index in [1.807, 2.05) is 18.5 Å². The number of pyridine rings is 1. The number of aromatic amines is 1. The zero-order valence-electron chi connectivity index (χ0n) is 12.9. The van der Waals surface area contributed by atoms with Crippen molar-refractivity contribution in [3.05, 3.63) is 36.3 Å². The first-order valence-corrected chi connectivity index (χ1v) is 7.34. The zero-order valence-corrected chi connectivity index (χ0v) is 12.9. The molecular weight excluding hydrogens is 276 g/mol. The third kappa shape index (κ3) is 2.92. The first-order valence-electron chi connectivity index (χ1n) is 7.34. The lowest BCUT2D eigenvalue weighted by Gasteiger charge is -2.10. The Balaban J connectivity index is 2.01. The summed E-state index contributed by atoms with van der Waals surface area (Å²) in [6.45, 7) is 1.06. The summed E-state index contributed by atoms with van der Waals surface area (Å²) in [5.41, 5.74) is 9.71. The largest absolute Gasteiger partial charge is 0.368 e. The molecule has 6 heteroatoms. The fourth-order valence-electron chi connectivity index (χ4n) is 2.64. The number of fused-ring (bicyclic) bond motifs is 1. The second kappa shape index (κ2) is 6.11. The van der Waals surface area contributed by atoms with Crippen molar-refractivity contribution in [2.45, 2.75) is 12.8 Å². The summed E-state index contributed by atoms with van der Waals surface area (Å²) >= 11 is 0. The Labute approximate surface area is 129 Å². The third-order valence-electron chi connectivity index (χ3n) is 3.66. The summed E-state index contributed by atoms with van der Waals surface area (Å²) in [4.78, 5) is 18.1. The highest BCUT2D eigenvalue weighted by Crippen LogP contribution is 2.29. The molecule has 3 aromatic heterocycles. The van der Waals surface area contributed by atoms with Gasteiger partial charge in [-0.2, -0.15) is 0 Å². The van der Waals surface area contributed by atoms with E-state index in [0.717, 1.165) is 41.7 Å². The van der Waals surface area contributed by atoms with Crippen LogP contribution < -0.4 is 5.73 Å². The predicted octanol–water partition coefficient (Wildman–Crippen LogP) is 2.10. The van der Waals surface area contributed by atoms with Gasteiger partial charge in [-0.3, -0.25) is 0 Å². The van der Waals surface area contributed by atoms with E-state index in [1.54, 1.807) is 6.20 Å². The fraction of sp³-hybridized carbons (Fsp3) is 0.312. The number of nitrogen functional groups attached to an aromatic ring is 1. The zero-order chi connectivity index (χ0) is 15.5. The predicted molar refractivity (Wildman–Crippen MR) is 88.4 cm³/mol. The van der Waals surface area contributed by atoms with Gasteiger partial charge >= 0.3 is 0 Å². The van der Waals surface area contributed by atoms with Gasteiger partial charge in [0, 0.05) is 29.5 Å². The van der Waals surface area contributed by atoms with Gasteiger partial charge < -0.3 is 15.6 Å². The Hall–Kier alpha value is -2.47. The first-order chi connectivity index (χ1) is 10.6. The molecule has 114 valence electrons. The number of nitrogens with two attached hydrogens (primary N) is 1. The van der Waals surface area contributed by atoms with Crippen LogP contribution in [0.4, 0.5) is 5.95 Å². The Morgan fingerprint density at radius 1 is 1.18 bits per heavy atom. The van der Waals surface area contributed by atoms with Gasteiger partial charge in [0.15, 0.2) is 0 Å². The average Bonchev–Trinajstić information content (AvgIpc) is 2.92. The van der Waals surface area contributed by atoms with Crippen LogP contribution in [0.25, 0.3) is 22.3 Å². The lowest BCUT2D eigenvalue weighted by atomic mass is 10.0. The van der Waals surface area contributed by atoms with E-state index in [9.17, 15) is 0 Å². The molecule has 0 aliphatic carbocycles. The van der Waals surface area contributed by atoms with Gasteiger partial charge in [-0.05, 0) is 51.2 Å². The molecule has 6 nitrogen and oxygen atoms in total. The van der Waals surface area contributed by atoms with Crippen molar-refractivity contribution in [2.75, 3.05) is 26.4 Å². The first kappa shape index (κ1) is 14.5. The molecule has 0 atom stereocenters. The van der Waals surface area contributed by atoms with E-state index in [0.29, 0.717) is 0 Å². The van der Waals surface area contributed by atoms with Crippen molar-refractivity contribution < 1.29 is 0 Å². The molecular formula is C16H20N6. The molecule has 0 aliphatic rings. The Bertz CT molecular complexity index is 777. The van der Waals surface area contributed by atoms with Crippen LogP contribution >= 0.6 is 0 Å². The molecule has 0 fully saturated rings. The monoisotopic (exact) mass is 296 g/mol. The van der Waals surface area contributed by atoms with Crippen LogP contribution in [0.5, 0.6) is 0 Å². The molecule has 3 N–H and O–H groups in total. The normalized spacial score (nSPS) is 11.4. The summed E-state index contributed by atoms with van der Waals surface area (Å²) in [6, 6.07) is 3.95. The molecule has 0 bridgehead atoms. The van der Waals surface area contributed by atoms with Gasteiger partial charge in [-0.1, -0.05) is 0 Å². The number of nitrogens with zero attached hydrogens (tertiary/aromatic N) is 4. The standard InChI is InChI=1S/C16H20N6/c1-22(2)9-3-4-11-5-7-18-15-14(11)12(10-20-15)13-6-8-19-16(17)21-13/h5-8,10H,3-4,9H2,1-2H3,(H,18,20)(H2,17,19,21). The second-order valence-electron chi connectivity index (χ2n) is 5.60. The molecule has 0 aromatic carbocycles. The van der Waals surface area contributed by atoms with Crippen molar-refractivity contribution in [2.24, 2.45) is 0 Å². The van der Waals surface area contributed by atoms with Crippen LogP contribution in [-0.4, -0.2) is 45.5 Å². The fourth-order valence-corrected chi connectivity index (χ4v) is 2.64. The van der Waals surface area contributed by atoms with Crippen LogP contribution in [0.15, 0.2) is 30.7 Å². The second-order valence-corrected chi connectivity index (χ2v) is 5.60. The summed E-state index contributed by atoms with van der Waals surface area (Å²) in [7, 11) is 4.18. The van der Waals surface area contributed by atoms with Crippen molar-refractivity contribution in [3.8, 4) is 11.3 Å². The van der Waals surface area contributed by atoms with Gasteiger partial charge in [-0.25, -0.2) is 15.0 Å². The highest BCUT2D eigenvalue weighted by molar-refractivity contribution is 5.95. The van der Waals surface area contributed by atoms with Crippen LogP contribution in [0.1, 0.15) is 12.0 Å². The minimum Gasteiger partial charge on any atom is -0.368 e. The van der Waals surface area contributed by atoms with E-state index in [2.05, 4.69) is 45.0 Å². The molecule has 0 radical (unpaired) electrons. The minimum absolute atomic E-state index is 0.282. The minimum atomic E-state index is 0.282. The van der Waals surface area contributed by atoms with Crippen molar-refractivity contribution in [1.82, 2.24) is 24.8 Å². The third-order valence-corrected chi connectivity index (χ3v) is 3.66. The quantitative estimate of drug-likeness (QED) is 0.753. The summed E-state index contributed by atoms with van der Waals surface area (Å²) in [5, 5.41) is 1.12. The average molecular weight is 296 g/mol. The molecule has 0 saturated heterocycles. The van der Waals surface area contributed by atoms with Crippen molar-refractivity contribution in [3.63, 3.8) is 0 Å². The topological polar surface area (TPSA) is 83.7 Å². The van der Waals surface area contributed by atoms with Gasteiger partial charge in [0.1, 0.15) is 5.65 Å². The van der Waals surface area contributed by atoms with Gasteiger partial charge in [0.2, 0.25) is 5.95 Å². The van der Waals surface area contributed by atoms with E-state index in [1.165, 1.54) is 5.56 Å². The molecule has 0 aliphatic heterocycles. The highest BCUT2D eigenvalue weighted by Gasteiger charge is 2.12. The molecule has 0 saturated carbocycles.